The van der Waals surface area contributed by atoms with Gasteiger partial charge in [-0.25, -0.2) is 0 Å². The van der Waals surface area contributed by atoms with Crippen molar-refractivity contribution in [1.82, 2.24) is 10.2 Å². The van der Waals surface area contributed by atoms with Crippen molar-refractivity contribution < 1.29 is 4.79 Å². The third-order valence-electron chi connectivity index (χ3n) is 3.00. The van der Waals surface area contributed by atoms with Gasteiger partial charge in [-0.05, 0) is 32.2 Å². The second-order valence-corrected chi connectivity index (χ2v) is 4.51. The number of carbonyl (C=O) groups is 1. The Kier molecular flexibility index (Phi) is 4.39. The lowest BCUT2D eigenvalue weighted by Crippen LogP contribution is -2.43. The molecular weight excluding hydrogens is 176 g/mol. The van der Waals surface area contributed by atoms with Gasteiger partial charge in [0, 0.05) is 14.1 Å². The summed E-state index contributed by atoms with van der Waals surface area (Å²) in [6.07, 6.45) is 5.39. The highest BCUT2D eigenvalue weighted by atomic mass is 16.2. The molecule has 0 aliphatic heterocycles. The van der Waals surface area contributed by atoms with Crippen molar-refractivity contribution in [1.29, 1.82) is 0 Å². The minimum Gasteiger partial charge on any atom is -0.347 e. The Morgan fingerprint density at radius 2 is 2.00 bits per heavy atom. The molecule has 1 aliphatic carbocycles. The second-order valence-electron chi connectivity index (χ2n) is 4.51. The molecule has 1 aliphatic rings. The number of amides is 1. The first-order chi connectivity index (χ1) is 6.61. The highest BCUT2D eigenvalue weighted by Crippen LogP contribution is 2.23. The van der Waals surface area contributed by atoms with Gasteiger partial charge in [0.2, 0.25) is 5.91 Å². The van der Waals surface area contributed by atoms with Gasteiger partial charge in [0.15, 0.2) is 0 Å². The molecule has 0 heterocycles. The smallest absolute Gasteiger partial charge is 0.238 e. The maximum atomic E-state index is 11.5. The van der Waals surface area contributed by atoms with Crippen molar-refractivity contribution >= 4 is 5.91 Å². The van der Waals surface area contributed by atoms with E-state index in [0.717, 1.165) is 12.5 Å². The van der Waals surface area contributed by atoms with E-state index in [9.17, 15) is 4.79 Å². The third-order valence-corrected chi connectivity index (χ3v) is 3.00. The first-order valence-electron chi connectivity index (χ1n) is 5.56. The second kappa shape index (κ2) is 5.35. The molecule has 1 atom stereocenters. The number of rotatable bonds is 4. The molecule has 0 aromatic heterocycles. The predicted octanol–water partition coefficient (Wildman–Crippen LogP) is 1.24. The zero-order valence-corrected chi connectivity index (χ0v) is 9.55. The van der Waals surface area contributed by atoms with Gasteiger partial charge in [-0.2, -0.15) is 0 Å². The summed E-state index contributed by atoms with van der Waals surface area (Å²) in [4.78, 5) is 13.2. The van der Waals surface area contributed by atoms with Crippen LogP contribution in [0.4, 0.5) is 0 Å². The minimum atomic E-state index is -0.0365. The maximum absolute atomic E-state index is 11.5. The fourth-order valence-electron chi connectivity index (χ4n) is 2.03. The van der Waals surface area contributed by atoms with E-state index in [-0.39, 0.29) is 11.9 Å². The molecule has 1 saturated carbocycles. The Bertz CT molecular complexity index is 186. The van der Waals surface area contributed by atoms with Crippen LogP contribution in [0.2, 0.25) is 0 Å². The molecule has 0 bridgehead atoms. The molecule has 1 fully saturated rings. The molecule has 0 aromatic rings. The average Bonchev–Trinajstić information content (AvgIpc) is 2.65. The Hall–Kier alpha value is -0.570. The van der Waals surface area contributed by atoms with Crippen molar-refractivity contribution in [3.63, 3.8) is 0 Å². The standard InChI is InChI=1S/C11H22N2O/c1-9(11(14)13(2)3)12-8-10-6-4-5-7-10/h9-10,12H,4-8H2,1-3H3. The van der Waals surface area contributed by atoms with E-state index in [1.165, 1.54) is 25.7 Å². The quantitative estimate of drug-likeness (QED) is 0.737. The van der Waals surface area contributed by atoms with E-state index >= 15 is 0 Å². The first-order valence-corrected chi connectivity index (χ1v) is 5.56. The van der Waals surface area contributed by atoms with Gasteiger partial charge in [0.25, 0.3) is 0 Å². The average molecular weight is 198 g/mol. The highest BCUT2D eigenvalue weighted by Gasteiger charge is 2.18. The van der Waals surface area contributed by atoms with E-state index in [2.05, 4.69) is 5.32 Å². The summed E-state index contributed by atoms with van der Waals surface area (Å²) in [5.41, 5.74) is 0. The van der Waals surface area contributed by atoms with Crippen molar-refractivity contribution in [3.8, 4) is 0 Å². The van der Waals surface area contributed by atoms with Crippen molar-refractivity contribution in [3.05, 3.63) is 0 Å². The molecule has 1 rings (SSSR count). The summed E-state index contributed by atoms with van der Waals surface area (Å²) < 4.78 is 0. The van der Waals surface area contributed by atoms with Crippen LogP contribution in [-0.2, 0) is 4.79 Å². The van der Waals surface area contributed by atoms with Crippen LogP contribution >= 0.6 is 0 Å². The molecular formula is C11H22N2O. The van der Waals surface area contributed by atoms with Crippen LogP contribution in [0.5, 0.6) is 0 Å². The topological polar surface area (TPSA) is 32.3 Å². The van der Waals surface area contributed by atoms with Gasteiger partial charge in [-0.1, -0.05) is 12.8 Å². The molecule has 0 spiro atoms. The lowest BCUT2D eigenvalue weighted by molar-refractivity contribution is -0.130. The molecule has 1 amide bonds. The fourth-order valence-corrected chi connectivity index (χ4v) is 2.03. The number of carbonyl (C=O) groups excluding carboxylic acids is 1. The molecule has 0 radical (unpaired) electrons. The van der Waals surface area contributed by atoms with Gasteiger partial charge in [-0.15, -0.1) is 0 Å². The Balaban J connectivity index is 2.19. The largest absolute Gasteiger partial charge is 0.347 e. The van der Waals surface area contributed by atoms with E-state index < -0.39 is 0 Å². The number of nitrogens with one attached hydrogen (secondary N) is 1. The third kappa shape index (κ3) is 3.29. The van der Waals surface area contributed by atoms with Crippen LogP contribution in [0, 0.1) is 5.92 Å². The summed E-state index contributed by atoms with van der Waals surface area (Å²) in [7, 11) is 3.60. The summed E-state index contributed by atoms with van der Waals surface area (Å²) in [6.45, 7) is 2.94. The monoisotopic (exact) mass is 198 g/mol. The van der Waals surface area contributed by atoms with Crippen LogP contribution in [0.15, 0.2) is 0 Å². The number of hydrogen-bond acceptors (Lipinski definition) is 2. The van der Waals surface area contributed by atoms with Crippen molar-refractivity contribution in [2.75, 3.05) is 20.6 Å². The SMILES string of the molecule is CC(NCC1CCCC1)C(=O)N(C)C. The molecule has 3 heteroatoms. The van der Waals surface area contributed by atoms with Crippen LogP contribution in [0.3, 0.4) is 0 Å². The fraction of sp³-hybridized carbons (Fsp3) is 0.909. The van der Waals surface area contributed by atoms with Gasteiger partial charge in [0.1, 0.15) is 0 Å². The summed E-state index contributed by atoms with van der Waals surface area (Å²) in [5, 5.41) is 3.31. The van der Waals surface area contributed by atoms with Crippen molar-refractivity contribution in [2.24, 2.45) is 5.92 Å². The van der Waals surface area contributed by atoms with Crippen LogP contribution in [-0.4, -0.2) is 37.5 Å². The zero-order valence-electron chi connectivity index (χ0n) is 9.55. The molecule has 0 aromatic carbocycles. The van der Waals surface area contributed by atoms with Gasteiger partial charge < -0.3 is 10.2 Å². The predicted molar refractivity (Wildman–Crippen MR) is 58.1 cm³/mol. The number of nitrogens with zero attached hydrogens (tertiary/aromatic N) is 1. The number of likely N-dealkylation sites (N-methyl/N-ethyl adjacent to an activating group) is 1. The van der Waals surface area contributed by atoms with Gasteiger partial charge >= 0.3 is 0 Å². The Labute approximate surface area is 86.9 Å². The van der Waals surface area contributed by atoms with Gasteiger partial charge in [0.05, 0.1) is 6.04 Å². The Morgan fingerprint density at radius 1 is 1.43 bits per heavy atom. The first kappa shape index (κ1) is 11.5. The molecule has 0 saturated heterocycles. The highest BCUT2D eigenvalue weighted by molar-refractivity contribution is 5.80. The summed E-state index contributed by atoms with van der Waals surface area (Å²) >= 11 is 0. The van der Waals surface area contributed by atoms with E-state index in [4.69, 9.17) is 0 Å². The molecule has 14 heavy (non-hydrogen) atoms. The molecule has 82 valence electrons. The zero-order chi connectivity index (χ0) is 10.6. The lowest BCUT2D eigenvalue weighted by atomic mass is 10.1. The van der Waals surface area contributed by atoms with Gasteiger partial charge in [-0.3, -0.25) is 4.79 Å². The van der Waals surface area contributed by atoms with Crippen LogP contribution < -0.4 is 5.32 Å². The molecule has 1 unspecified atom stereocenters. The maximum Gasteiger partial charge on any atom is 0.238 e. The summed E-state index contributed by atoms with van der Waals surface area (Å²) in [5.74, 6) is 0.968. The lowest BCUT2D eigenvalue weighted by Gasteiger charge is -2.19. The summed E-state index contributed by atoms with van der Waals surface area (Å²) in [6, 6.07) is -0.0365. The Morgan fingerprint density at radius 3 is 2.50 bits per heavy atom. The van der Waals surface area contributed by atoms with Crippen molar-refractivity contribution in [2.45, 2.75) is 38.6 Å². The molecule has 3 nitrogen and oxygen atoms in total. The van der Waals surface area contributed by atoms with E-state index in [1.807, 2.05) is 6.92 Å². The van der Waals surface area contributed by atoms with E-state index in [1.54, 1.807) is 19.0 Å². The van der Waals surface area contributed by atoms with Crippen LogP contribution in [0.1, 0.15) is 32.6 Å². The minimum absolute atomic E-state index is 0.0365. The van der Waals surface area contributed by atoms with Crippen LogP contribution in [0.25, 0.3) is 0 Å². The van der Waals surface area contributed by atoms with E-state index in [0.29, 0.717) is 0 Å². The molecule has 1 N–H and O–H groups in total. The number of hydrogen-bond donors (Lipinski definition) is 1. The normalized spacial score (nSPS) is 19.6.